The van der Waals surface area contributed by atoms with Crippen LogP contribution in [0.4, 0.5) is 13.2 Å². The van der Waals surface area contributed by atoms with Crippen LogP contribution in [0.5, 0.6) is 0 Å². The Morgan fingerprint density at radius 3 is 2.28 bits per heavy atom. The summed E-state index contributed by atoms with van der Waals surface area (Å²) in [4.78, 5) is 25.0. The van der Waals surface area contributed by atoms with Gasteiger partial charge in [-0.1, -0.05) is 23.7 Å². The minimum Gasteiger partial charge on any atom is -0.465 e. The van der Waals surface area contributed by atoms with Crippen LogP contribution >= 0.6 is 22.9 Å². The van der Waals surface area contributed by atoms with E-state index >= 15 is 0 Å². The molecule has 1 atom stereocenters. The van der Waals surface area contributed by atoms with E-state index in [-0.39, 0.29) is 13.0 Å². The molecule has 0 saturated carbocycles. The van der Waals surface area contributed by atoms with E-state index in [2.05, 4.69) is 0 Å². The predicted molar refractivity (Wildman–Crippen MR) is 88.9 cm³/mol. The second-order valence-corrected chi connectivity index (χ2v) is 6.89. The molecule has 8 heteroatoms. The molecular formula is C17H14ClF3O3S. The molecule has 1 heterocycles. The number of rotatable bonds is 6. The maximum absolute atomic E-state index is 12.6. The lowest BCUT2D eigenvalue weighted by molar-refractivity contribution is -0.146. The first-order valence-electron chi connectivity index (χ1n) is 7.34. The average Bonchev–Trinajstić information content (AvgIpc) is 2.98. The highest BCUT2D eigenvalue weighted by Gasteiger charge is 2.32. The van der Waals surface area contributed by atoms with E-state index in [4.69, 9.17) is 16.3 Å². The van der Waals surface area contributed by atoms with Crippen LogP contribution in [0.25, 0.3) is 0 Å². The van der Waals surface area contributed by atoms with Gasteiger partial charge in [0, 0.05) is 0 Å². The Balaban J connectivity index is 2.24. The summed E-state index contributed by atoms with van der Waals surface area (Å²) in [5.74, 6) is -2.31. The van der Waals surface area contributed by atoms with Gasteiger partial charge in [-0.25, -0.2) is 0 Å². The molecule has 3 nitrogen and oxygen atoms in total. The first kappa shape index (κ1) is 19.5. The van der Waals surface area contributed by atoms with E-state index in [1.54, 1.807) is 13.0 Å². The van der Waals surface area contributed by atoms with E-state index < -0.39 is 29.4 Å². The van der Waals surface area contributed by atoms with E-state index in [1.165, 1.54) is 18.2 Å². The summed E-state index contributed by atoms with van der Waals surface area (Å²) in [5.41, 5.74) is -0.359. The number of ether oxygens (including phenoxy) is 1. The Bertz CT molecular complexity index is 753. The average molecular weight is 391 g/mol. The van der Waals surface area contributed by atoms with Crippen LogP contribution < -0.4 is 0 Å². The Labute approximate surface area is 151 Å². The van der Waals surface area contributed by atoms with Crippen molar-refractivity contribution in [1.82, 2.24) is 0 Å². The van der Waals surface area contributed by atoms with Crippen molar-refractivity contribution in [1.29, 1.82) is 0 Å². The Hall–Kier alpha value is -1.86. The monoisotopic (exact) mass is 390 g/mol. The number of carbonyl (C=O) groups excluding carboxylic acids is 2. The number of hydrogen-bond donors (Lipinski definition) is 0. The van der Waals surface area contributed by atoms with Gasteiger partial charge in [0.2, 0.25) is 0 Å². The van der Waals surface area contributed by atoms with Crippen molar-refractivity contribution in [2.24, 2.45) is 5.92 Å². The molecule has 0 aliphatic heterocycles. The smallest absolute Gasteiger partial charge is 0.416 e. The van der Waals surface area contributed by atoms with Crippen LogP contribution in [-0.2, 0) is 22.1 Å². The second kappa shape index (κ2) is 8.01. The van der Waals surface area contributed by atoms with Crippen molar-refractivity contribution < 1.29 is 27.5 Å². The van der Waals surface area contributed by atoms with Crippen molar-refractivity contribution >= 4 is 34.7 Å². The molecule has 0 fully saturated rings. The van der Waals surface area contributed by atoms with E-state index in [1.807, 2.05) is 0 Å². The molecule has 1 aromatic carbocycles. The number of thiophene rings is 1. The van der Waals surface area contributed by atoms with Crippen LogP contribution in [0.2, 0.25) is 4.34 Å². The minimum absolute atomic E-state index is 0.0503. The third-order valence-corrected chi connectivity index (χ3v) is 4.67. The van der Waals surface area contributed by atoms with Gasteiger partial charge >= 0.3 is 12.1 Å². The number of ketones is 1. The van der Waals surface area contributed by atoms with Crippen LogP contribution in [0.3, 0.4) is 0 Å². The summed E-state index contributed by atoms with van der Waals surface area (Å²) in [6.07, 6.45) is -4.49. The summed E-state index contributed by atoms with van der Waals surface area (Å²) >= 11 is 6.85. The molecule has 25 heavy (non-hydrogen) atoms. The molecule has 0 radical (unpaired) electrons. The Morgan fingerprint density at radius 1 is 1.16 bits per heavy atom. The van der Waals surface area contributed by atoms with Gasteiger partial charge in [0.25, 0.3) is 0 Å². The van der Waals surface area contributed by atoms with Crippen molar-refractivity contribution in [3.05, 3.63) is 56.7 Å². The fourth-order valence-electron chi connectivity index (χ4n) is 2.21. The molecular weight excluding hydrogens is 377 g/mol. The molecule has 2 rings (SSSR count). The van der Waals surface area contributed by atoms with Crippen LogP contribution in [0.15, 0.2) is 36.4 Å². The Kier molecular flexibility index (Phi) is 6.24. The molecule has 0 bridgehead atoms. The molecule has 0 N–H and O–H groups in total. The normalized spacial score (nSPS) is 12.7. The number of halogens is 4. The lowest BCUT2D eigenvalue weighted by atomic mass is 9.94. The third-order valence-electron chi connectivity index (χ3n) is 3.42. The zero-order valence-electron chi connectivity index (χ0n) is 13.1. The molecule has 0 amide bonds. The summed E-state index contributed by atoms with van der Waals surface area (Å²) in [7, 11) is 0. The van der Waals surface area contributed by atoms with Gasteiger partial charge in [0.05, 0.1) is 21.4 Å². The SMILES string of the molecule is CCOC(=O)C(Cc1ccc(C(F)(F)F)cc1)C(=O)c1ccc(Cl)s1. The fourth-order valence-corrected chi connectivity index (χ4v) is 3.25. The summed E-state index contributed by atoms with van der Waals surface area (Å²) < 4.78 is 43.2. The van der Waals surface area contributed by atoms with Crippen molar-refractivity contribution in [3.8, 4) is 0 Å². The van der Waals surface area contributed by atoms with Crippen LogP contribution in [0, 0.1) is 5.92 Å². The van der Waals surface area contributed by atoms with Crippen LogP contribution in [0.1, 0.15) is 27.7 Å². The predicted octanol–water partition coefficient (Wildman–Crippen LogP) is 5.03. The van der Waals surface area contributed by atoms with Gasteiger partial charge in [-0.15, -0.1) is 11.3 Å². The molecule has 0 aliphatic carbocycles. The summed E-state index contributed by atoms with van der Waals surface area (Å²) in [6, 6.07) is 7.40. The number of Topliss-reactive ketones (excluding diaryl/α,β-unsaturated/α-hetero) is 1. The van der Waals surface area contributed by atoms with Gasteiger partial charge in [0.15, 0.2) is 5.78 Å². The van der Waals surface area contributed by atoms with Crippen LogP contribution in [-0.4, -0.2) is 18.4 Å². The van der Waals surface area contributed by atoms with E-state index in [0.29, 0.717) is 14.8 Å². The van der Waals surface area contributed by atoms with Gasteiger partial charge in [-0.2, -0.15) is 13.2 Å². The quantitative estimate of drug-likeness (QED) is 0.395. The Morgan fingerprint density at radius 2 is 1.80 bits per heavy atom. The van der Waals surface area contributed by atoms with E-state index in [0.717, 1.165) is 23.5 Å². The highest BCUT2D eigenvalue weighted by atomic mass is 35.5. The first-order valence-corrected chi connectivity index (χ1v) is 8.54. The zero-order valence-corrected chi connectivity index (χ0v) is 14.7. The number of alkyl halides is 3. The van der Waals surface area contributed by atoms with E-state index in [9.17, 15) is 22.8 Å². The maximum atomic E-state index is 12.6. The molecule has 0 spiro atoms. The van der Waals surface area contributed by atoms with Gasteiger partial charge in [-0.3, -0.25) is 9.59 Å². The summed E-state index contributed by atoms with van der Waals surface area (Å²) in [6.45, 7) is 1.71. The minimum atomic E-state index is -4.44. The number of benzene rings is 1. The lowest BCUT2D eigenvalue weighted by Crippen LogP contribution is -2.28. The topological polar surface area (TPSA) is 43.4 Å². The molecule has 0 aliphatic rings. The highest BCUT2D eigenvalue weighted by molar-refractivity contribution is 7.18. The fraction of sp³-hybridized carbons (Fsp3) is 0.294. The molecule has 1 unspecified atom stereocenters. The highest BCUT2D eigenvalue weighted by Crippen LogP contribution is 2.30. The molecule has 2 aromatic rings. The van der Waals surface area contributed by atoms with Gasteiger partial charge in [0.1, 0.15) is 5.92 Å². The number of esters is 1. The molecule has 0 saturated heterocycles. The van der Waals surface area contributed by atoms with Crippen molar-refractivity contribution in [2.45, 2.75) is 19.5 Å². The maximum Gasteiger partial charge on any atom is 0.416 e. The molecule has 134 valence electrons. The molecule has 1 aromatic heterocycles. The van der Waals surface area contributed by atoms with Gasteiger partial charge < -0.3 is 4.74 Å². The summed E-state index contributed by atoms with van der Waals surface area (Å²) in [5, 5.41) is 0. The second-order valence-electron chi connectivity index (χ2n) is 5.17. The first-order chi connectivity index (χ1) is 11.7. The van der Waals surface area contributed by atoms with Crippen molar-refractivity contribution in [2.75, 3.05) is 6.61 Å². The number of carbonyl (C=O) groups is 2. The number of hydrogen-bond acceptors (Lipinski definition) is 4. The van der Waals surface area contributed by atoms with Gasteiger partial charge in [-0.05, 0) is 43.2 Å². The third kappa shape index (κ3) is 5.06. The van der Waals surface area contributed by atoms with Crippen molar-refractivity contribution in [3.63, 3.8) is 0 Å². The largest absolute Gasteiger partial charge is 0.465 e. The standard InChI is InChI=1S/C17H14ClF3O3S/c1-2-24-16(23)12(15(22)13-7-8-14(18)25-13)9-10-3-5-11(6-4-10)17(19,20)21/h3-8,12H,2,9H2,1H3. The zero-order chi connectivity index (χ0) is 18.6. The lowest BCUT2D eigenvalue weighted by Gasteiger charge is -2.14.